The predicted octanol–water partition coefficient (Wildman–Crippen LogP) is 0.847. The summed E-state index contributed by atoms with van der Waals surface area (Å²) < 4.78 is 0. The van der Waals surface area contributed by atoms with Crippen LogP contribution >= 0.6 is 0 Å². The first-order valence-electron chi connectivity index (χ1n) is 5.73. The van der Waals surface area contributed by atoms with Gasteiger partial charge in [0.2, 0.25) is 0 Å². The quantitative estimate of drug-likeness (QED) is 0.744. The van der Waals surface area contributed by atoms with Crippen molar-refractivity contribution in [2.75, 3.05) is 19.6 Å². The normalized spacial score (nSPS) is 21.6. The summed E-state index contributed by atoms with van der Waals surface area (Å²) in [6.45, 7) is 6.18. The Kier molecular flexibility index (Phi) is 3.12. The Morgan fingerprint density at radius 1 is 1.62 bits per heavy atom. The average Bonchev–Trinajstić information content (AvgIpc) is 2.73. The van der Waals surface area contributed by atoms with Crippen LogP contribution in [0.25, 0.3) is 0 Å². The van der Waals surface area contributed by atoms with Gasteiger partial charge in [0, 0.05) is 36.1 Å². The number of ketones is 1. The molecule has 2 heterocycles. The van der Waals surface area contributed by atoms with Gasteiger partial charge in [-0.15, -0.1) is 0 Å². The maximum atomic E-state index is 12.0. The molecule has 0 amide bonds. The molecule has 0 bridgehead atoms. The molecule has 1 atom stereocenters. The van der Waals surface area contributed by atoms with Gasteiger partial charge in [0.05, 0.1) is 6.54 Å². The molecule has 0 aromatic carbocycles. The molecule has 16 heavy (non-hydrogen) atoms. The van der Waals surface area contributed by atoms with Gasteiger partial charge < -0.3 is 10.7 Å². The number of nitrogens with two attached hydrogens (primary N) is 1. The first-order chi connectivity index (χ1) is 7.56. The van der Waals surface area contributed by atoms with E-state index in [1.54, 1.807) is 0 Å². The predicted molar refractivity (Wildman–Crippen MR) is 63.6 cm³/mol. The summed E-state index contributed by atoms with van der Waals surface area (Å²) in [6.07, 6.45) is 0.998. The largest absolute Gasteiger partial charge is 0.362 e. The second kappa shape index (κ2) is 4.39. The van der Waals surface area contributed by atoms with E-state index in [4.69, 9.17) is 5.73 Å². The lowest BCUT2D eigenvalue weighted by atomic mass is 10.1. The van der Waals surface area contributed by atoms with Gasteiger partial charge in [0.25, 0.3) is 0 Å². The lowest BCUT2D eigenvalue weighted by Crippen LogP contribution is -2.31. The highest BCUT2D eigenvalue weighted by Crippen LogP contribution is 2.13. The van der Waals surface area contributed by atoms with E-state index in [1.165, 1.54) is 0 Å². The second-order valence-electron chi connectivity index (χ2n) is 4.70. The molecule has 1 aliphatic rings. The van der Waals surface area contributed by atoms with Crippen molar-refractivity contribution >= 4 is 5.78 Å². The molecule has 4 heteroatoms. The molecule has 1 saturated heterocycles. The highest BCUT2D eigenvalue weighted by atomic mass is 16.1. The fourth-order valence-electron chi connectivity index (χ4n) is 2.31. The zero-order chi connectivity index (χ0) is 11.7. The summed E-state index contributed by atoms with van der Waals surface area (Å²) in [7, 11) is 0. The fraction of sp³-hybridized carbons (Fsp3) is 0.583. The molecular formula is C12H19N3O. The summed E-state index contributed by atoms with van der Waals surface area (Å²) in [5.41, 5.74) is 8.64. The Balaban J connectivity index is 2.00. The van der Waals surface area contributed by atoms with E-state index in [0.717, 1.165) is 36.5 Å². The molecule has 2 rings (SSSR count). The van der Waals surface area contributed by atoms with E-state index in [1.807, 2.05) is 19.9 Å². The standard InChI is InChI=1S/C12H19N3O/c1-8-5-11(9(2)14-8)12(16)7-15-4-3-10(13)6-15/h5,10,14H,3-4,6-7,13H2,1-2H3. The minimum Gasteiger partial charge on any atom is -0.362 e. The molecule has 1 aromatic rings. The summed E-state index contributed by atoms with van der Waals surface area (Å²) in [5, 5.41) is 0. The number of hydrogen-bond acceptors (Lipinski definition) is 3. The van der Waals surface area contributed by atoms with Crippen LogP contribution in [-0.2, 0) is 0 Å². The highest BCUT2D eigenvalue weighted by Gasteiger charge is 2.22. The van der Waals surface area contributed by atoms with Crippen LogP contribution in [-0.4, -0.2) is 41.3 Å². The molecule has 1 aliphatic heterocycles. The van der Waals surface area contributed by atoms with E-state index in [2.05, 4.69) is 9.88 Å². The van der Waals surface area contributed by atoms with Crippen molar-refractivity contribution in [2.24, 2.45) is 5.73 Å². The first kappa shape index (κ1) is 11.4. The molecule has 4 nitrogen and oxygen atoms in total. The third kappa shape index (κ3) is 2.33. The van der Waals surface area contributed by atoms with Gasteiger partial charge in [-0.3, -0.25) is 9.69 Å². The number of carbonyl (C=O) groups excluding carboxylic acids is 1. The van der Waals surface area contributed by atoms with Gasteiger partial charge in [0.15, 0.2) is 5.78 Å². The molecular weight excluding hydrogens is 202 g/mol. The third-order valence-electron chi connectivity index (χ3n) is 3.13. The Hall–Kier alpha value is -1.13. The molecule has 1 unspecified atom stereocenters. The van der Waals surface area contributed by atoms with Crippen LogP contribution in [0.4, 0.5) is 0 Å². The monoisotopic (exact) mass is 221 g/mol. The topological polar surface area (TPSA) is 62.1 Å². The number of nitrogens with zero attached hydrogens (tertiary/aromatic N) is 1. The number of aromatic amines is 1. The van der Waals surface area contributed by atoms with Crippen LogP contribution in [0.2, 0.25) is 0 Å². The van der Waals surface area contributed by atoms with Crippen molar-refractivity contribution in [1.82, 2.24) is 9.88 Å². The smallest absolute Gasteiger partial charge is 0.178 e. The van der Waals surface area contributed by atoms with Crippen LogP contribution in [0, 0.1) is 13.8 Å². The minimum atomic E-state index is 0.191. The number of aryl methyl sites for hydroxylation is 2. The Labute approximate surface area is 95.8 Å². The number of carbonyl (C=O) groups is 1. The summed E-state index contributed by atoms with van der Waals surface area (Å²) in [5.74, 6) is 0.191. The lowest BCUT2D eigenvalue weighted by Gasteiger charge is -2.13. The molecule has 3 N–H and O–H groups in total. The van der Waals surface area contributed by atoms with E-state index in [0.29, 0.717) is 6.54 Å². The molecule has 0 saturated carbocycles. The Bertz CT molecular complexity index is 397. The van der Waals surface area contributed by atoms with Crippen LogP contribution in [0.5, 0.6) is 0 Å². The van der Waals surface area contributed by atoms with Crippen molar-refractivity contribution in [3.8, 4) is 0 Å². The van der Waals surface area contributed by atoms with Gasteiger partial charge in [-0.1, -0.05) is 0 Å². The molecule has 1 aromatic heterocycles. The van der Waals surface area contributed by atoms with Crippen LogP contribution in [0.1, 0.15) is 28.2 Å². The molecule has 0 aliphatic carbocycles. The Morgan fingerprint density at radius 2 is 2.38 bits per heavy atom. The number of rotatable bonds is 3. The minimum absolute atomic E-state index is 0.191. The molecule has 0 spiro atoms. The highest BCUT2D eigenvalue weighted by molar-refractivity contribution is 5.98. The van der Waals surface area contributed by atoms with Crippen molar-refractivity contribution in [3.63, 3.8) is 0 Å². The van der Waals surface area contributed by atoms with Crippen LogP contribution in [0.15, 0.2) is 6.07 Å². The number of nitrogens with one attached hydrogen (secondary N) is 1. The summed E-state index contributed by atoms with van der Waals surface area (Å²) >= 11 is 0. The summed E-state index contributed by atoms with van der Waals surface area (Å²) in [4.78, 5) is 17.3. The second-order valence-corrected chi connectivity index (χ2v) is 4.70. The molecule has 1 fully saturated rings. The Morgan fingerprint density at radius 3 is 2.88 bits per heavy atom. The van der Waals surface area contributed by atoms with Gasteiger partial charge in [-0.2, -0.15) is 0 Å². The van der Waals surface area contributed by atoms with Crippen molar-refractivity contribution in [1.29, 1.82) is 0 Å². The van der Waals surface area contributed by atoms with Crippen LogP contribution < -0.4 is 5.73 Å². The van der Waals surface area contributed by atoms with Crippen LogP contribution in [0.3, 0.4) is 0 Å². The molecule has 88 valence electrons. The maximum Gasteiger partial charge on any atom is 0.178 e. The zero-order valence-electron chi connectivity index (χ0n) is 9.92. The van der Waals surface area contributed by atoms with Gasteiger partial charge in [0.1, 0.15) is 0 Å². The van der Waals surface area contributed by atoms with E-state index in [-0.39, 0.29) is 11.8 Å². The van der Waals surface area contributed by atoms with E-state index >= 15 is 0 Å². The van der Waals surface area contributed by atoms with Crippen molar-refractivity contribution in [3.05, 3.63) is 23.0 Å². The number of Topliss-reactive ketones (excluding diaryl/α,β-unsaturated/α-hetero) is 1. The fourth-order valence-corrected chi connectivity index (χ4v) is 2.31. The van der Waals surface area contributed by atoms with Gasteiger partial charge in [-0.25, -0.2) is 0 Å². The summed E-state index contributed by atoms with van der Waals surface area (Å²) in [6, 6.07) is 2.16. The van der Waals surface area contributed by atoms with Gasteiger partial charge in [-0.05, 0) is 26.3 Å². The van der Waals surface area contributed by atoms with Gasteiger partial charge >= 0.3 is 0 Å². The maximum absolute atomic E-state index is 12.0. The van der Waals surface area contributed by atoms with Crippen molar-refractivity contribution in [2.45, 2.75) is 26.3 Å². The number of hydrogen-bond donors (Lipinski definition) is 2. The lowest BCUT2D eigenvalue weighted by molar-refractivity contribution is 0.0944. The number of aromatic nitrogens is 1. The number of H-pyrrole nitrogens is 1. The van der Waals surface area contributed by atoms with E-state index < -0.39 is 0 Å². The average molecular weight is 221 g/mol. The third-order valence-corrected chi connectivity index (χ3v) is 3.13. The van der Waals surface area contributed by atoms with Crippen molar-refractivity contribution < 1.29 is 4.79 Å². The molecule has 0 radical (unpaired) electrons. The zero-order valence-corrected chi connectivity index (χ0v) is 9.92. The number of likely N-dealkylation sites (tertiary alicyclic amines) is 1. The SMILES string of the molecule is Cc1cc(C(=O)CN2CCC(N)C2)c(C)[nH]1. The van der Waals surface area contributed by atoms with E-state index in [9.17, 15) is 4.79 Å². The first-order valence-corrected chi connectivity index (χ1v) is 5.73.